The number of nitrogens with zero attached hydrogens (tertiary/aromatic N) is 1. The molecule has 3 unspecified atom stereocenters. The molecule has 2 N–H and O–H groups in total. The monoisotopic (exact) mass is 268 g/mol. The van der Waals surface area contributed by atoms with E-state index in [0.717, 1.165) is 17.1 Å². The van der Waals surface area contributed by atoms with E-state index >= 15 is 0 Å². The van der Waals surface area contributed by atoms with Crippen LogP contribution in [-0.4, -0.2) is 4.98 Å². The minimum absolute atomic E-state index is 0.143. The highest BCUT2D eigenvalue weighted by Gasteiger charge is 2.26. The van der Waals surface area contributed by atoms with Gasteiger partial charge in [0, 0.05) is 17.1 Å². The predicted octanol–water partition coefficient (Wildman–Crippen LogP) is 4.37. The molecular formula is C18H24N2. The molecule has 0 amide bonds. The van der Waals surface area contributed by atoms with Crippen LogP contribution in [0, 0.1) is 18.8 Å². The maximum absolute atomic E-state index is 6.64. The number of hydrogen-bond acceptors (Lipinski definition) is 2. The molecule has 20 heavy (non-hydrogen) atoms. The third-order valence-corrected chi connectivity index (χ3v) is 4.72. The van der Waals surface area contributed by atoms with Gasteiger partial charge in [-0.15, -0.1) is 0 Å². The number of nitrogens with two attached hydrogens (primary N) is 1. The number of pyridine rings is 1. The Balaban J connectivity index is 2.00. The van der Waals surface area contributed by atoms with Crippen molar-refractivity contribution >= 4 is 10.9 Å². The van der Waals surface area contributed by atoms with Crippen molar-refractivity contribution in [2.24, 2.45) is 17.6 Å². The SMILES string of the molecule is Cc1cc(C(N)C2CCCC(C)C2)c2ccccc2n1. The quantitative estimate of drug-likeness (QED) is 0.878. The van der Waals surface area contributed by atoms with Crippen molar-refractivity contribution < 1.29 is 0 Å². The van der Waals surface area contributed by atoms with Crippen LogP contribution in [-0.2, 0) is 0 Å². The van der Waals surface area contributed by atoms with Gasteiger partial charge in [-0.25, -0.2) is 0 Å². The smallest absolute Gasteiger partial charge is 0.0708 e. The summed E-state index contributed by atoms with van der Waals surface area (Å²) in [5, 5.41) is 1.23. The summed E-state index contributed by atoms with van der Waals surface area (Å²) in [7, 11) is 0. The van der Waals surface area contributed by atoms with Crippen molar-refractivity contribution in [2.45, 2.75) is 45.6 Å². The van der Waals surface area contributed by atoms with E-state index in [1.807, 2.05) is 6.07 Å². The molecule has 1 saturated carbocycles. The molecule has 3 atom stereocenters. The predicted molar refractivity (Wildman–Crippen MR) is 84.5 cm³/mol. The zero-order valence-electron chi connectivity index (χ0n) is 12.5. The van der Waals surface area contributed by atoms with Crippen LogP contribution in [0.15, 0.2) is 30.3 Å². The summed E-state index contributed by atoms with van der Waals surface area (Å²) >= 11 is 0. The minimum atomic E-state index is 0.143. The van der Waals surface area contributed by atoms with Crippen molar-refractivity contribution in [1.29, 1.82) is 0 Å². The zero-order valence-corrected chi connectivity index (χ0v) is 12.5. The highest BCUT2D eigenvalue weighted by molar-refractivity contribution is 5.82. The Morgan fingerprint density at radius 2 is 2.05 bits per heavy atom. The van der Waals surface area contributed by atoms with Crippen LogP contribution in [0.1, 0.15) is 49.9 Å². The van der Waals surface area contributed by atoms with Gasteiger partial charge in [-0.2, -0.15) is 0 Å². The van der Waals surface area contributed by atoms with Crippen LogP contribution in [0.3, 0.4) is 0 Å². The van der Waals surface area contributed by atoms with Crippen molar-refractivity contribution in [3.63, 3.8) is 0 Å². The Hall–Kier alpha value is -1.41. The molecule has 1 fully saturated rings. The van der Waals surface area contributed by atoms with Gasteiger partial charge in [0.15, 0.2) is 0 Å². The van der Waals surface area contributed by atoms with Crippen molar-refractivity contribution in [2.75, 3.05) is 0 Å². The second kappa shape index (κ2) is 5.53. The van der Waals surface area contributed by atoms with E-state index in [1.54, 1.807) is 0 Å². The first kappa shape index (κ1) is 13.6. The van der Waals surface area contributed by atoms with E-state index in [2.05, 4.69) is 43.1 Å². The fourth-order valence-electron chi connectivity index (χ4n) is 3.68. The molecule has 0 saturated heterocycles. The standard InChI is InChI=1S/C18H24N2/c1-12-6-5-7-14(10-12)18(19)16-11-13(2)20-17-9-4-3-8-15(16)17/h3-4,8-9,11-12,14,18H,5-7,10,19H2,1-2H3. The molecule has 0 bridgehead atoms. The summed E-state index contributed by atoms with van der Waals surface area (Å²) in [5.74, 6) is 1.43. The van der Waals surface area contributed by atoms with Gasteiger partial charge in [0.05, 0.1) is 5.52 Å². The Labute approximate surface area is 121 Å². The second-order valence-electron chi connectivity index (χ2n) is 6.43. The Bertz CT molecular complexity index is 605. The zero-order chi connectivity index (χ0) is 14.1. The summed E-state index contributed by atoms with van der Waals surface area (Å²) in [5.41, 5.74) is 10.1. The third kappa shape index (κ3) is 2.57. The molecule has 106 valence electrons. The topological polar surface area (TPSA) is 38.9 Å². The normalized spacial score (nSPS) is 24.8. The maximum atomic E-state index is 6.64. The van der Waals surface area contributed by atoms with E-state index in [4.69, 9.17) is 5.73 Å². The lowest BCUT2D eigenvalue weighted by Crippen LogP contribution is -2.26. The first-order chi connectivity index (χ1) is 9.65. The molecule has 1 aliphatic rings. The number of rotatable bonds is 2. The largest absolute Gasteiger partial charge is 0.324 e. The van der Waals surface area contributed by atoms with Crippen molar-refractivity contribution in [3.8, 4) is 0 Å². The molecule has 1 heterocycles. The first-order valence-electron chi connectivity index (χ1n) is 7.77. The molecule has 3 rings (SSSR count). The van der Waals surface area contributed by atoms with Gasteiger partial charge in [-0.3, -0.25) is 4.98 Å². The van der Waals surface area contributed by atoms with E-state index in [0.29, 0.717) is 5.92 Å². The third-order valence-electron chi connectivity index (χ3n) is 4.72. The highest BCUT2D eigenvalue weighted by Crippen LogP contribution is 2.37. The highest BCUT2D eigenvalue weighted by atomic mass is 14.7. The van der Waals surface area contributed by atoms with Crippen molar-refractivity contribution in [3.05, 3.63) is 41.6 Å². The Morgan fingerprint density at radius 3 is 2.85 bits per heavy atom. The average Bonchev–Trinajstić information content (AvgIpc) is 2.45. The molecule has 2 heteroatoms. The van der Waals surface area contributed by atoms with Gasteiger partial charge >= 0.3 is 0 Å². The first-order valence-corrected chi connectivity index (χ1v) is 7.77. The number of hydrogen-bond donors (Lipinski definition) is 1. The summed E-state index contributed by atoms with van der Waals surface area (Å²) in [6, 6.07) is 10.7. The fraction of sp³-hybridized carbons (Fsp3) is 0.500. The summed E-state index contributed by atoms with van der Waals surface area (Å²) < 4.78 is 0. The second-order valence-corrected chi connectivity index (χ2v) is 6.43. The van der Waals surface area contributed by atoms with Crippen molar-refractivity contribution in [1.82, 2.24) is 4.98 Å². The van der Waals surface area contributed by atoms with Crippen LogP contribution in [0.2, 0.25) is 0 Å². The average molecular weight is 268 g/mol. The minimum Gasteiger partial charge on any atom is -0.324 e. The van der Waals surface area contributed by atoms with Gasteiger partial charge in [-0.05, 0) is 49.3 Å². The van der Waals surface area contributed by atoms with Crippen LogP contribution < -0.4 is 5.73 Å². The Kier molecular flexibility index (Phi) is 3.75. The van der Waals surface area contributed by atoms with E-state index < -0.39 is 0 Å². The lowest BCUT2D eigenvalue weighted by molar-refractivity contribution is 0.248. The number of aromatic nitrogens is 1. The Morgan fingerprint density at radius 1 is 1.25 bits per heavy atom. The molecule has 1 aliphatic carbocycles. The van der Waals surface area contributed by atoms with Gasteiger partial charge in [0.1, 0.15) is 0 Å². The summed E-state index contributed by atoms with van der Waals surface area (Å²) in [6.45, 7) is 4.42. The summed E-state index contributed by atoms with van der Waals surface area (Å²) in [4.78, 5) is 4.62. The molecule has 1 aromatic heterocycles. The van der Waals surface area contributed by atoms with Crippen LogP contribution in [0.25, 0.3) is 10.9 Å². The molecular weight excluding hydrogens is 244 g/mol. The molecule has 0 spiro atoms. The number of para-hydroxylation sites is 1. The number of benzene rings is 1. The molecule has 2 aromatic rings. The van der Waals surface area contributed by atoms with Gasteiger partial charge < -0.3 is 5.73 Å². The van der Waals surface area contributed by atoms with E-state index in [-0.39, 0.29) is 6.04 Å². The molecule has 1 aromatic carbocycles. The van der Waals surface area contributed by atoms with E-state index in [1.165, 1.54) is 36.6 Å². The number of fused-ring (bicyclic) bond motifs is 1. The molecule has 2 nitrogen and oxygen atoms in total. The van der Waals surface area contributed by atoms with Crippen LogP contribution >= 0.6 is 0 Å². The van der Waals surface area contributed by atoms with Gasteiger partial charge in [0.25, 0.3) is 0 Å². The van der Waals surface area contributed by atoms with Crippen LogP contribution in [0.4, 0.5) is 0 Å². The van der Waals surface area contributed by atoms with Gasteiger partial charge in [0.2, 0.25) is 0 Å². The lowest BCUT2D eigenvalue weighted by atomic mass is 9.76. The lowest BCUT2D eigenvalue weighted by Gasteiger charge is -2.32. The molecule has 0 aliphatic heterocycles. The number of aryl methyl sites for hydroxylation is 1. The van der Waals surface area contributed by atoms with Gasteiger partial charge in [-0.1, -0.05) is 38.0 Å². The van der Waals surface area contributed by atoms with Crippen LogP contribution in [0.5, 0.6) is 0 Å². The fourth-order valence-corrected chi connectivity index (χ4v) is 3.68. The summed E-state index contributed by atoms with van der Waals surface area (Å²) in [6.07, 6.45) is 5.21. The van der Waals surface area contributed by atoms with E-state index in [9.17, 15) is 0 Å². The molecule has 0 radical (unpaired) electrons. The maximum Gasteiger partial charge on any atom is 0.0708 e.